The smallest absolute Gasteiger partial charge is 0.126 e. The third-order valence-corrected chi connectivity index (χ3v) is 1.70. The van der Waals surface area contributed by atoms with Gasteiger partial charge in [0.2, 0.25) is 0 Å². The van der Waals surface area contributed by atoms with Gasteiger partial charge in [-0.1, -0.05) is 42.5 Å². The molecule has 0 bridgehead atoms. The van der Waals surface area contributed by atoms with Gasteiger partial charge in [0.05, 0.1) is 0 Å². The maximum absolute atomic E-state index is 5.35. The monoisotopic (exact) mass is 193 g/mol. The number of hydrogen-bond acceptors (Lipinski definition) is 2. The van der Waals surface area contributed by atoms with Crippen LogP contribution in [0.15, 0.2) is 35.4 Å². The van der Waals surface area contributed by atoms with Crippen molar-refractivity contribution in [3.63, 3.8) is 0 Å². The number of hydrogen-bond donors (Lipinski definition) is 2. The topological polar surface area (TPSA) is 50.4 Å². The Morgan fingerprint density at radius 3 is 2.54 bits per heavy atom. The van der Waals surface area contributed by atoms with Gasteiger partial charge in [0.15, 0.2) is 0 Å². The van der Waals surface area contributed by atoms with E-state index in [1.165, 1.54) is 0 Å². The highest BCUT2D eigenvalue weighted by atomic mass is 32.1. The van der Waals surface area contributed by atoms with Crippen LogP contribution in [0.25, 0.3) is 0 Å². The number of amidine groups is 1. The van der Waals surface area contributed by atoms with Gasteiger partial charge < -0.3 is 5.73 Å². The zero-order valence-corrected chi connectivity index (χ0v) is 8.14. The fourth-order valence-corrected chi connectivity index (χ4v) is 0.975. The predicted octanol–water partition coefficient (Wildman–Crippen LogP) is 1.24. The molecule has 1 rings (SSSR count). The molecule has 0 aliphatic carbocycles. The standard InChI is InChI=1S/C9H11N3S/c1-7(10)11-12-9(13)8-5-3-2-4-6-8/h2-6H,1H3,(H2,10,11)(H,12,13). The Morgan fingerprint density at radius 2 is 2.00 bits per heavy atom. The van der Waals surface area contributed by atoms with Crippen LogP contribution < -0.4 is 11.2 Å². The van der Waals surface area contributed by atoms with Crippen LogP contribution in [0, 0.1) is 0 Å². The summed E-state index contributed by atoms with van der Waals surface area (Å²) in [6, 6.07) is 9.60. The Morgan fingerprint density at radius 1 is 1.38 bits per heavy atom. The van der Waals surface area contributed by atoms with E-state index in [9.17, 15) is 0 Å². The summed E-state index contributed by atoms with van der Waals surface area (Å²) in [5.41, 5.74) is 8.97. The van der Waals surface area contributed by atoms with Crippen molar-refractivity contribution in [1.29, 1.82) is 0 Å². The van der Waals surface area contributed by atoms with Crippen molar-refractivity contribution in [2.45, 2.75) is 6.92 Å². The van der Waals surface area contributed by atoms with E-state index in [1.54, 1.807) is 6.92 Å². The van der Waals surface area contributed by atoms with Gasteiger partial charge in [-0.25, -0.2) is 0 Å². The van der Waals surface area contributed by atoms with Crippen LogP contribution in [-0.2, 0) is 0 Å². The van der Waals surface area contributed by atoms with Gasteiger partial charge in [0.25, 0.3) is 0 Å². The summed E-state index contributed by atoms with van der Waals surface area (Å²) < 4.78 is 0. The van der Waals surface area contributed by atoms with Crippen LogP contribution in [0.3, 0.4) is 0 Å². The van der Waals surface area contributed by atoms with Crippen molar-refractivity contribution in [3.05, 3.63) is 35.9 Å². The van der Waals surface area contributed by atoms with Crippen LogP contribution in [0.1, 0.15) is 12.5 Å². The van der Waals surface area contributed by atoms with Crippen molar-refractivity contribution >= 4 is 23.0 Å². The Hall–Kier alpha value is -1.42. The minimum Gasteiger partial charge on any atom is -0.386 e. The molecule has 1 aromatic carbocycles. The molecule has 0 amide bonds. The molecular formula is C9H11N3S. The summed E-state index contributed by atoms with van der Waals surface area (Å²) in [5, 5.41) is 3.80. The SMILES string of the molecule is C/C(N)=N\NC(=S)c1ccccc1. The lowest BCUT2D eigenvalue weighted by Crippen LogP contribution is -2.20. The second-order valence-electron chi connectivity index (χ2n) is 2.56. The molecule has 1 aromatic rings. The quantitative estimate of drug-likeness (QED) is 0.321. The van der Waals surface area contributed by atoms with E-state index in [0.717, 1.165) is 5.56 Å². The predicted molar refractivity (Wildman–Crippen MR) is 58.6 cm³/mol. The normalized spacial score (nSPS) is 11.0. The van der Waals surface area contributed by atoms with Gasteiger partial charge in [0, 0.05) is 5.56 Å². The molecule has 0 saturated heterocycles. The van der Waals surface area contributed by atoms with Crippen LogP contribution in [0.5, 0.6) is 0 Å². The molecule has 0 fully saturated rings. The summed E-state index contributed by atoms with van der Waals surface area (Å²) in [5.74, 6) is 0.457. The number of thiocarbonyl (C=S) groups is 1. The van der Waals surface area contributed by atoms with E-state index in [-0.39, 0.29) is 0 Å². The summed E-state index contributed by atoms with van der Waals surface area (Å²) in [4.78, 5) is 0.574. The minimum absolute atomic E-state index is 0.457. The first-order chi connectivity index (χ1) is 6.20. The average molecular weight is 193 g/mol. The van der Waals surface area contributed by atoms with E-state index >= 15 is 0 Å². The zero-order valence-electron chi connectivity index (χ0n) is 7.32. The Kier molecular flexibility index (Phi) is 3.40. The van der Waals surface area contributed by atoms with E-state index in [4.69, 9.17) is 18.0 Å². The average Bonchev–Trinajstić information content (AvgIpc) is 2.15. The largest absolute Gasteiger partial charge is 0.386 e. The number of benzene rings is 1. The first kappa shape index (κ1) is 9.67. The van der Waals surface area contributed by atoms with Crippen molar-refractivity contribution in [2.24, 2.45) is 10.8 Å². The summed E-state index contributed by atoms with van der Waals surface area (Å²) in [6.07, 6.45) is 0. The first-order valence-corrected chi connectivity index (χ1v) is 4.26. The number of hydrazone groups is 1. The molecule has 68 valence electrons. The second-order valence-corrected chi connectivity index (χ2v) is 2.97. The van der Waals surface area contributed by atoms with Gasteiger partial charge in [-0.05, 0) is 6.92 Å². The minimum atomic E-state index is 0.457. The summed E-state index contributed by atoms with van der Waals surface area (Å²) >= 11 is 5.07. The molecule has 0 saturated carbocycles. The molecule has 4 heteroatoms. The van der Waals surface area contributed by atoms with Crippen LogP contribution in [-0.4, -0.2) is 10.8 Å². The van der Waals surface area contributed by atoms with Crippen molar-refractivity contribution in [1.82, 2.24) is 5.43 Å². The summed E-state index contributed by atoms with van der Waals surface area (Å²) in [7, 11) is 0. The molecule has 0 spiro atoms. The molecule has 0 atom stereocenters. The molecular weight excluding hydrogens is 182 g/mol. The highest BCUT2D eigenvalue weighted by Crippen LogP contribution is 1.98. The van der Waals surface area contributed by atoms with Crippen LogP contribution >= 0.6 is 12.2 Å². The number of nitrogens with zero attached hydrogens (tertiary/aromatic N) is 1. The lowest BCUT2D eigenvalue weighted by atomic mass is 10.2. The highest BCUT2D eigenvalue weighted by molar-refractivity contribution is 7.80. The molecule has 0 radical (unpaired) electrons. The Labute approximate surface area is 82.6 Å². The fourth-order valence-electron chi connectivity index (χ4n) is 0.793. The molecule has 3 N–H and O–H groups in total. The van der Waals surface area contributed by atoms with E-state index in [0.29, 0.717) is 10.8 Å². The number of nitrogens with two attached hydrogens (primary N) is 1. The van der Waals surface area contributed by atoms with Gasteiger partial charge in [-0.3, -0.25) is 5.43 Å². The molecule has 13 heavy (non-hydrogen) atoms. The highest BCUT2D eigenvalue weighted by Gasteiger charge is 1.96. The summed E-state index contributed by atoms with van der Waals surface area (Å²) in [6.45, 7) is 1.70. The van der Waals surface area contributed by atoms with Crippen LogP contribution in [0.2, 0.25) is 0 Å². The van der Waals surface area contributed by atoms with Crippen LogP contribution in [0.4, 0.5) is 0 Å². The van der Waals surface area contributed by atoms with Crippen molar-refractivity contribution in [2.75, 3.05) is 0 Å². The Bertz CT molecular complexity index is 315. The molecule has 3 nitrogen and oxygen atoms in total. The molecule has 0 aliphatic heterocycles. The van der Waals surface area contributed by atoms with Crippen molar-refractivity contribution < 1.29 is 0 Å². The van der Waals surface area contributed by atoms with E-state index in [1.807, 2.05) is 30.3 Å². The van der Waals surface area contributed by atoms with Gasteiger partial charge >= 0.3 is 0 Å². The molecule has 0 unspecified atom stereocenters. The Balaban J connectivity index is 2.65. The molecule has 0 aliphatic rings. The number of rotatable bonds is 2. The zero-order chi connectivity index (χ0) is 9.68. The number of nitrogens with one attached hydrogen (secondary N) is 1. The lowest BCUT2D eigenvalue weighted by molar-refractivity contribution is 1.03. The third kappa shape index (κ3) is 3.21. The van der Waals surface area contributed by atoms with Gasteiger partial charge in [-0.15, -0.1) is 0 Å². The van der Waals surface area contributed by atoms with Gasteiger partial charge in [0.1, 0.15) is 10.8 Å². The molecule has 0 aromatic heterocycles. The van der Waals surface area contributed by atoms with Crippen molar-refractivity contribution in [3.8, 4) is 0 Å². The molecule has 0 heterocycles. The maximum atomic E-state index is 5.35. The first-order valence-electron chi connectivity index (χ1n) is 3.85. The van der Waals surface area contributed by atoms with E-state index in [2.05, 4.69) is 10.5 Å². The fraction of sp³-hybridized carbons (Fsp3) is 0.111. The van der Waals surface area contributed by atoms with E-state index < -0.39 is 0 Å². The maximum Gasteiger partial charge on any atom is 0.126 e. The lowest BCUT2D eigenvalue weighted by Gasteiger charge is -2.02. The third-order valence-electron chi connectivity index (χ3n) is 1.37. The second kappa shape index (κ2) is 4.57. The van der Waals surface area contributed by atoms with Gasteiger partial charge in [-0.2, -0.15) is 5.10 Å².